The van der Waals surface area contributed by atoms with Crippen molar-refractivity contribution < 1.29 is 49.1 Å². The fraction of sp³-hybridized carbons (Fsp3) is 0.222. The summed E-state index contributed by atoms with van der Waals surface area (Å²) < 4.78 is 114. The topological polar surface area (TPSA) is 114 Å². The highest BCUT2D eigenvalue weighted by atomic mass is 32.2. The molecule has 0 bridgehead atoms. The molecule has 1 fully saturated rings. The zero-order chi connectivity index (χ0) is 31.8. The van der Waals surface area contributed by atoms with Crippen LogP contribution in [0.1, 0.15) is 0 Å². The highest BCUT2D eigenvalue weighted by Crippen LogP contribution is 2.38. The lowest BCUT2D eigenvalue weighted by atomic mass is 10.0. The summed E-state index contributed by atoms with van der Waals surface area (Å²) in [7, 11) is -4.49. The highest BCUT2D eigenvalue weighted by Gasteiger charge is 2.46. The molecule has 1 aliphatic heterocycles. The maximum atomic E-state index is 14.7. The number of methoxy groups -OCH3 is 1. The number of nitrogens with zero attached hydrogens (tertiary/aromatic N) is 4. The van der Waals surface area contributed by atoms with E-state index >= 15 is 0 Å². The van der Waals surface area contributed by atoms with Crippen molar-refractivity contribution in [2.75, 3.05) is 42.7 Å². The number of nitrogens with one attached hydrogen (secondary N) is 1. The van der Waals surface area contributed by atoms with Crippen molar-refractivity contribution in [3.63, 3.8) is 0 Å². The van der Waals surface area contributed by atoms with Gasteiger partial charge in [-0.1, -0.05) is 16.6 Å². The molecule has 10 nitrogen and oxygen atoms in total. The first kappa shape index (κ1) is 30.8. The lowest BCUT2D eigenvalue weighted by Gasteiger charge is -2.29. The van der Waals surface area contributed by atoms with Crippen LogP contribution in [0.15, 0.2) is 59.8 Å². The maximum absolute atomic E-state index is 14.7. The predicted octanol–water partition coefficient (Wildman–Crippen LogP) is 4.35. The van der Waals surface area contributed by atoms with Gasteiger partial charge in [0.1, 0.15) is 28.2 Å². The van der Waals surface area contributed by atoms with E-state index in [1.54, 1.807) is 0 Å². The molecular formula is C27H21F6N5O5S. The van der Waals surface area contributed by atoms with Crippen molar-refractivity contribution in [3.8, 4) is 17.0 Å². The van der Waals surface area contributed by atoms with Crippen molar-refractivity contribution >= 4 is 38.3 Å². The van der Waals surface area contributed by atoms with Crippen LogP contribution >= 0.6 is 0 Å². The number of ether oxygens (including phenoxy) is 1. The molecule has 2 aromatic heterocycles. The Hall–Kier alpha value is -4.64. The number of carbonyl (C=O) groups is 1. The summed E-state index contributed by atoms with van der Waals surface area (Å²) in [4.78, 5) is 24.9. The minimum Gasteiger partial charge on any atom is -0.479 e. The van der Waals surface area contributed by atoms with E-state index in [2.05, 4.69) is 20.1 Å². The zero-order valence-corrected chi connectivity index (χ0v) is 23.3. The number of pyridine rings is 2. The van der Waals surface area contributed by atoms with E-state index in [-0.39, 0.29) is 22.6 Å². The normalized spacial score (nSPS) is 14.0. The van der Waals surface area contributed by atoms with E-state index in [0.29, 0.717) is 49.5 Å². The van der Waals surface area contributed by atoms with Crippen LogP contribution in [0.2, 0.25) is 0 Å². The Morgan fingerprint density at radius 2 is 1.66 bits per heavy atom. The fourth-order valence-corrected chi connectivity index (χ4v) is 5.80. The van der Waals surface area contributed by atoms with Gasteiger partial charge in [-0.3, -0.25) is 0 Å². The molecule has 1 aliphatic rings. The van der Waals surface area contributed by atoms with Crippen molar-refractivity contribution in [3.05, 3.63) is 72.3 Å². The van der Waals surface area contributed by atoms with E-state index in [1.165, 1.54) is 24.4 Å². The molecule has 5 rings (SSSR count). The van der Waals surface area contributed by atoms with Crippen LogP contribution in [-0.4, -0.2) is 63.8 Å². The van der Waals surface area contributed by atoms with Crippen LogP contribution in [0, 0.1) is 17.5 Å². The number of anilines is 2. The van der Waals surface area contributed by atoms with Gasteiger partial charge < -0.3 is 19.8 Å². The molecule has 0 unspecified atom stereocenters. The Labute approximate surface area is 245 Å². The number of sulfonamides is 1. The number of halogens is 6. The largest absolute Gasteiger partial charge is 0.493 e. The molecule has 0 radical (unpaired) electrons. The molecule has 4 aromatic rings. The summed E-state index contributed by atoms with van der Waals surface area (Å²) in [5.74, 6) is -6.61. The summed E-state index contributed by atoms with van der Waals surface area (Å²) in [5, 5.41) is 3.79. The second-order valence-electron chi connectivity index (χ2n) is 9.36. The van der Waals surface area contributed by atoms with Crippen LogP contribution < -0.4 is 19.4 Å². The van der Waals surface area contributed by atoms with Crippen LogP contribution in [0.4, 0.5) is 37.8 Å². The van der Waals surface area contributed by atoms with Crippen molar-refractivity contribution in [2.45, 2.75) is 11.1 Å². The minimum atomic E-state index is -5.68. The van der Waals surface area contributed by atoms with Crippen molar-refractivity contribution in [1.82, 2.24) is 15.3 Å². The number of rotatable bonds is 7. The van der Waals surface area contributed by atoms with Gasteiger partial charge in [-0.25, -0.2) is 27.9 Å². The lowest BCUT2D eigenvalue weighted by molar-refractivity contribution is -0.199. The third-order valence-electron chi connectivity index (χ3n) is 6.58. The van der Waals surface area contributed by atoms with Crippen LogP contribution in [0.5, 0.6) is 5.88 Å². The molecule has 44 heavy (non-hydrogen) atoms. The Morgan fingerprint density at radius 3 is 2.32 bits per heavy atom. The van der Waals surface area contributed by atoms with E-state index in [4.69, 9.17) is 4.74 Å². The van der Waals surface area contributed by atoms with Gasteiger partial charge in [0.15, 0.2) is 5.69 Å². The molecule has 1 saturated heterocycles. The zero-order valence-electron chi connectivity index (χ0n) is 22.5. The summed E-state index contributed by atoms with van der Waals surface area (Å²) in [6, 6.07) is 6.54. The molecule has 0 saturated carbocycles. The smallest absolute Gasteiger partial charge is 0.479 e. The number of piperazine rings is 1. The number of hydrogen-bond donors (Lipinski definition) is 1. The molecule has 0 aliphatic carbocycles. The van der Waals surface area contributed by atoms with Gasteiger partial charge in [-0.05, 0) is 29.8 Å². The van der Waals surface area contributed by atoms with Gasteiger partial charge in [0.05, 0.1) is 13.3 Å². The minimum absolute atomic E-state index is 0.0565. The molecule has 0 amide bonds. The van der Waals surface area contributed by atoms with Gasteiger partial charge in [0, 0.05) is 54.8 Å². The van der Waals surface area contributed by atoms with Crippen LogP contribution in [0.3, 0.4) is 0 Å². The maximum Gasteiger partial charge on any atom is 0.493 e. The van der Waals surface area contributed by atoms with Crippen molar-refractivity contribution in [1.29, 1.82) is 0 Å². The summed E-state index contributed by atoms with van der Waals surface area (Å²) in [5.41, 5.74) is -0.516. The number of aromatic nitrogens is 2. The molecule has 17 heteroatoms. The summed E-state index contributed by atoms with van der Waals surface area (Å²) in [6.07, 6.45) is -3.42. The summed E-state index contributed by atoms with van der Waals surface area (Å²) >= 11 is 0. The Morgan fingerprint density at radius 1 is 0.932 bits per heavy atom. The summed E-state index contributed by atoms with van der Waals surface area (Å²) in [6.45, 7) is 2.45. The quantitative estimate of drug-likeness (QED) is 0.233. The molecule has 0 spiro atoms. The second kappa shape index (κ2) is 11.8. The first-order chi connectivity index (χ1) is 20.8. The molecule has 3 heterocycles. The molecule has 232 valence electrons. The Bertz CT molecular complexity index is 1850. The van der Waals surface area contributed by atoms with Gasteiger partial charge in [0.25, 0.3) is 10.0 Å². The number of benzene rings is 2. The monoisotopic (exact) mass is 641 g/mol. The standard InChI is InChI=1S/C27H21F6N5O5S/c1-42-25-22(38(43-26(39)27(31,32)33)44(40,41)23-5-3-17(28)12-20(23)29)11-16(13-36-25)15-2-4-18-19(10-15)24(35-14-21(18)30)37-8-6-34-7-9-37/h2-5,10-14,34H,6-9H2,1H3. The molecule has 2 aromatic carbocycles. The average Bonchev–Trinajstić information content (AvgIpc) is 2.99. The van der Waals surface area contributed by atoms with E-state index < -0.39 is 60.6 Å². The fourth-order valence-electron chi connectivity index (χ4n) is 4.52. The SMILES string of the molecule is COc1ncc(-c2ccc3c(F)cnc(N4CCNCC4)c3c2)cc1N(OC(=O)C(F)(F)F)S(=O)(=O)c1ccc(F)cc1F. The molecule has 1 N–H and O–H groups in total. The number of carbonyl (C=O) groups excluding carboxylic acids is 1. The predicted molar refractivity (Wildman–Crippen MR) is 145 cm³/mol. The Kier molecular flexibility index (Phi) is 8.26. The van der Waals surface area contributed by atoms with E-state index in [1.807, 2.05) is 4.90 Å². The van der Waals surface area contributed by atoms with Crippen LogP contribution in [0.25, 0.3) is 21.9 Å². The van der Waals surface area contributed by atoms with E-state index in [0.717, 1.165) is 19.4 Å². The third kappa shape index (κ3) is 5.92. The van der Waals surface area contributed by atoms with Gasteiger partial charge >= 0.3 is 12.1 Å². The third-order valence-corrected chi connectivity index (χ3v) is 8.17. The van der Waals surface area contributed by atoms with Crippen LogP contribution in [-0.2, 0) is 19.7 Å². The van der Waals surface area contributed by atoms with Gasteiger partial charge in [0.2, 0.25) is 5.88 Å². The van der Waals surface area contributed by atoms with Gasteiger partial charge in [-0.15, -0.1) is 0 Å². The second-order valence-corrected chi connectivity index (χ2v) is 11.1. The van der Waals surface area contributed by atoms with Crippen molar-refractivity contribution in [2.24, 2.45) is 0 Å². The van der Waals surface area contributed by atoms with Gasteiger partial charge in [-0.2, -0.15) is 21.6 Å². The Balaban J connectivity index is 1.68. The first-order valence-corrected chi connectivity index (χ1v) is 14.1. The molecule has 0 atom stereocenters. The number of fused-ring (bicyclic) bond motifs is 1. The average molecular weight is 642 g/mol. The lowest BCUT2D eigenvalue weighted by Crippen LogP contribution is -2.44. The highest BCUT2D eigenvalue weighted by molar-refractivity contribution is 7.92. The van der Waals surface area contributed by atoms with E-state index in [9.17, 15) is 39.6 Å². The number of alkyl halides is 3. The molecular weight excluding hydrogens is 620 g/mol. The first-order valence-electron chi connectivity index (χ1n) is 12.7. The number of hydrogen-bond acceptors (Lipinski definition) is 9.